The standard InChI is InChI=1S/C14H23N5O/c1-4-19-14(9-12(2)16-19)11-18-7-5-13(17-18)10-15-6-8-20-3/h5,7,9,15H,4,6,8,10-11H2,1-3H3. The second kappa shape index (κ2) is 7.21. The molecule has 0 spiro atoms. The van der Waals surface area contributed by atoms with Gasteiger partial charge in [0.1, 0.15) is 0 Å². The molecule has 0 radical (unpaired) electrons. The minimum Gasteiger partial charge on any atom is -0.383 e. The quantitative estimate of drug-likeness (QED) is 0.737. The molecule has 20 heavy (non-hydrogen) atoms. The third-order valence-electron chi connectivity index (χ3n) is 3.09. The highest BCUT2D eigenvalue weighted by Crippen LogP contribution is 2.06. The number of aromatic nitrogens is 4. The molecule has 2 rings (SSSR count). The summed E-state index contributed by atoms with van der Waals surface area (Å²) in [6.07, 6.45) is 2.01. The highest BCUT2D eigenvalue weighted by Gasteiger charge is 2.06. The molecule has 0 aliphatic heterocycles. The first kappa shape index (κ1) is 14.7. The van der Waals surface area contributed by atoms with Gasteiger partial charge in [0, 0.05) is 32.9 Å². The van der Waals surface area contributed by atoms with Crippen LogP contribution in [0.4, 0.5) is 0 Å². The molecule has 0 saturated heterocycles. The molecule has 0 amide bonds. The SMILES string of the molecule is CCn1nc(C)cc1Cn1ccc(CNCCOC)n1. The fourth-order valence-electron chi connectivity index (χ4n) is 2.14. The predicted octanol–water partition coefficient (Wildman–Crippen LogP) is 1.19. The van der Waals surface area contributed by atoms with E-state index >= 15 is 0 Å². The summed E-state index contributed by atoms with van der Waals surface area (Å²) >= 11 is 0. The van der Waals surface area contributed by atoms with Gasteiger partial charge in [0.15, 0.2) is 0 Å². The van der Waals surface area contributed by atoms with Crippen molar-refractivity contribution in [2.75, 3.05) is 20.3 Å². The molecule has 0 saturated carbocycles. The molecule has 0 fully saturated rings. The fraction of sp³-hybridized carbons (Fsp3) is 0.571. The normalized spacial score (nSPS) is 11.2. The lowest BCUT2D eigenvalue weighted by Gasteiger charge is -2.05. The summed E-state index contributed by atoms with van der Waals surface area (Å²) in [4.78, 5) is 0. The van der Waals surface area contributed by atoms with Crippen molar-refractivity contribution in [3.05, 3.63) is 35.4 Å². The largest absolute Gasteiger partial charge is 0.383 e. The second-order valence-electron chi connectivity index (χ2n) is 4.77. The Labute approximate surface area is 119 Å². The lowest BCUT2D eigenvalue weighted by Crippen LogP contribution is -2.19. The number of rotatable bonds is 8. The Kier molecular flexibility index (Phi) is 5.31. The van der Waals surface area contributed by atoms with Crippen molar-refractivity contribution >= 4 is 0 Å². The van der Waals surface area contributed by atoms with Gasteiger partial charge in [-0.3, -0.25) is 9.36 Å². The Bertz CT molecular complexity index is 531. The van der Waals surface area contributed by atoms with E-state index in [1.54, 1.807) is 7.11 Å². The van der Waals surface area contributed by atoms with Crippen LogP contribution >= 0.6 is 0 Å². The van der Waals surface area contributed by atoms with Gasteiger partial charge < -0.3 is 10.1 Å². The molecule has 0 atom stereocenters. The lowest BCUT2D eigenvalue weighted by atomic mass is 10.3. The third-order valence-corrected chi connectivity index (χ3v) is 3.09. The lowest BCUT2D eigenvalue weighted by molar-refractivity contribution is 0.199. The van der Waals surface area contributed by atoms with E-state index in [1.165, 1.54) is 5.69 Å². The molecule has 110 valence electrons. The number of nitrogens with zero attached hydrogens (tertiary/aromatic N) is 4. The Morgan fingerprint density at radius 1 is 1.35 bits per heavy atom. The molecule has 6 nitrogen and oxygen atoms in total. The van der Waals surface area contributed by atoms with E-state index in [-0.39, 0.29) is 0 Å². The number of hydrogen-bond donors (Lipinski definition) is 1. The molecule has 6 heteroatoms. The first-order chi connectivity index (χ1) is 9.72. The van der Waals surface area contributed by atoms with Crippen molar-refractivity contribution in [2.45, 2.75) is 33.5 Å². The summed E-state index contributed by atoms with van der Waals surface area (Å²) in [7, 11) is 1.70. The first-order valence-corrected chi connectivity index (χ1v) is 6.98. The van der Waals surface area contributed by atoms with Gasteiger partial charge in [0.25, 0.3) is 0 Å². The van der Waals surface area contributed by atoms with E-state index in [2.05, 4.69) is 28.5 Å². The maximum absolute atomic E-state index is 4.99. The Morgan fingerprint density at radius 3 is 2.95 bits per heavy atom. The van der Waals surface area contributed by atoms with Gasteiger partial charge in [-0.1, -0.05) is 0 Å². The number of methoxy groups -OCH3 is 1. The van der Waals surface area contributed by atoms with Gasteiger partial charge in [0.05, 0.1) is 30.2 Å². The molecule has 0 aliphatic carbocycles. The van der Waals surface area contributed by atoms with Gasteiger partial charge >= 0.3 is 0 Å². The summed E-state index contributed by atoms with van der Waals surface area (Å²) in [5.41, 5.74) is 3.28. The minimum atomic E-state index is 0.718. The molecule has 0 bridgehead atoms. The zero-order chi connectivity index (χ0) is 14.4. The van der Waals surface area contributed by atoms with Crippen molar-refractivity contribution in [1.82, 2.24) is 24.9 Å². The minimum absolute atomic E-state index is 0.718. The Morgan fingerprint density at radius 2 is 2.20 bits per heavy atom. The molecule has 0 aliphatic rings. The highest BCUT2D eigenvalue weighted by molar-refractivity contribution is 5.10. The van der Waals surface area contributed by atoms with Crippen molar-refractivity contribution < 1.29 is 4.74 Å². The predicted molar refractivity (Wildman–Crippen MR) is 77.5 cm³/mol. The average Bonchev–Trinajstić information content (AvgIpc) is 3.02. The maximum atomic E-state index is 4.99. The number of aryl methyl sites for hydroxylation is 2. The molecular formula is C14H23N5O. The van der Waals surface area contributed by atoms with Crippen LogP contribution in [0.2, 0.25) is 0 Å². The molecule has 2 aromatic heterocycles. The summed E-state index contributed by atoms with van der Waals surface area (Å²) in [6, 6.07) is 4.15. The average molecular weight is 277 g/mol. The van der Waals surface area contributed by atoms with Crippen LogP contribution in [-0.2, 0) is 24.4 Å². The van der Waals surface area contributed by atoms with Crippen LogP contribution in [0.15, 0.2) is 18.3 Å². The number of hydrogen-bond acceptors (Lipinski definition) is 4. The zero-order valence-electron chi connectivity index (χ0n) is 12.5. The van der Waals surface area contributed by atoms with Crippen molar-refractivity contribution in [2.24, 2.45) is 0 Å². The first-order valence-electron chi connectivity index (χ1n) is 6.98. The zero-order valence-corrected chi connectivity index (χ0v) is 12.5. The van der Waals surface area contributed by atoms with E-state index in [9.17, 15) is 0 Å². The monoisotopic (exact) mass is 277 g/mol. The smallest absolute Gasteiger partial charge is 0.0828 e. The van der Waals surface area contributed by atoms with Crippen LogP contribution in [-0.4, -0.2) is 39.8 Å². The maximum Gasteiger partial charge on any atom is 0.0828 e. The van der Waals surface area contributed by atoms with Gasteiger partial charge in [-0.05, 0) is 26.0 Å². The van der Waals surface area contributed by atoms with Crippen LogP contribution in [0.1, 0.15) is 24.0 Å². The van der Waals surface area contributed by atoms with Crippen LogP contribution in [0.3, 0.4) is 0 Å². The Hall–Kier alpha value is -1.66. The summed E-state index contributed by atoms with van der Waals surface area (Å²) < 4.78 is 8.97. The van der Waals surface area contributed by atoms with Crippen molar-refractivity contribution in [1.29, 1.82) is 0 Å². The van der Waals surface area contributed by atoms with E-state index < -0.39 is 0 Å². The van der Waals surface area contributed by atoms with Crippen LogP contribution in [0.5, 0.6) is 0 Å². The highest BCUT2D eigenvalue weighted by atomic mass is 16.5. The molecule has 2 aromatic rings. The molecule has 0 unspecified atom stereocenters. The summed E-state index contributed by atoms with van der Waals surface area (Å²) in [6.45, 7) is 8.08. The number of ether oxygens (including phenoxy) is 1. The van der Waals surface area contributed by atoms with E-state index in [0.29, 0.717) is 0 Å². The van der Waals surface area contributed by atoms with E-state index in [4.69, 9.17) is 4.74 Å². The van der Waals surface area contributed by atoms with Gasteiger partial charge in [-0.15, -0.1) is 0 Å². The summed E-state index contributed by atoms with van der Waals surface area (Å²) in [5.74, 6) is 0. The van der Waals surface area contributed by atoms with Crippen molar-refractivity contribution in [3.8, 4) is 0 Å². The second-order valence-corrected chi connectivity index (χ2v) is 4.77. The van der Waals surface area contributed by atoms with E-state index in [0.717, 1.165) is 44.2 Å². The molecule has 2 heterocycles. The van der Waals surface area contributed by atoms with Gasteiger partial charge in [0.2, 0.25) is 0 Å². The molecular weight excluding hydrogens is 254 g/mol. The van der Waals surface area contributed by atoms with Crippen LogP contribution < -0.4 is 5.32 Å². The third kappa shape index (κ3) is 3.91. The van der Waals surface area contributed by atoms with Crippen LogP contribution in [0, 0.1) is 6.92 Å². The van der Waals surface area contributed by atoms with Crippen molar-refractivity contribution in [3.63, 3.8) is 0 Å². The molecule has 0 aromatic carbocycles. The molecule has 1 N–H and O–H groups in total. The topological polar surface area (TPSA) is 56.9 Å². The van der Waals surface area contributed by atoms with Gasteiger partial charge in [-0.2, -0.15) is 10.2 Å². The van der Waals surface area contributed by atoms with Crippen LogP contribution in [0.25, 0.3) is 0 Å². The van der Waals surface area contributed by atoms with Gasteiger partial charge in [-0.25, -0.2) is 0 Å². The fourth-order valence-corrected chi connectivity index (χ4v) is 2.14. The van der Waals surface area contributed by atoms with E-state index in [1.807, 2.05) is 28.6 Å². The number of nitrogens with one attached hydrogen (secondary N) is 1. The summed E-state index contributed by atoms with van der Waals surface area (Å²) in [5, 5.41) is 12.3. The Balaban J connectivity index is 1.91.